The maximum Gasteiger partial charge on any atom is 0.160 e. The molecule has 0 bridgehead atoms. The van der Waals surface area contributed by atoms with Gasteiger partial charge in [0, 0.05) is 28.7 Å². The first-order valence-corrected chi connectivity index (χ1v) is 8.88. The van der Waals surface area contributed by atoms with Crippen LogP contribution in [0.1, 0.15) is 0 Å². The molecule has 0 radical (unpaired) electrons. The highest BCUT2D eigenvalue weighted by molar-refractivity contribution is 5.88. The lowest BCUT2D eigenvalue weighted by Gasteiger charge is -2.13. The van der Waals surface area contributed by atoms with Crippen LogP contribution >= 0.6 is 0 Å². The van der Waals surface area contributed by atoms with Crippen molar-refractivity contribution in [3.63, 3.8) is 0 Å². The molecule has 0 aliphatic heterocycles. The van der Waals surface area contributed by atoms with Gasteiger partial charge < -0.3 is 11.1 Å². The van der Waals surface area contributed by atoms with Gasteiger partial charge in [0.15, 0.2) is 11.6 Å². The first-order valence-electron chi connectivity index (χ1n) is 8.88. The lowest BCUT2D eigenvalue weighted by molar-refractivity contribution is 0.509. The Labute approximate surface area is 162 Å². The molecule has 4 aromatic carbocycles. The Morgan fingerprint density at radius 3 is 1.86 bits per heavy atom. The monoisotopic (exact) mass is 372 g/mol. The topological polar surface area (TPSA) is 38.0 Å². The molecule has 4 heteroatoms. The quantitative estimate of drug-likeness (QED) is 0.395. The average Bonchev–Trinajstić information content (AvgIpc) is 2.72. The fraction of sp³-hybridized carbons (Fsp3) is 0. The molecular weight excluding hydrogens is 354 g/mol. The smallest absolute Gasteiger partial charge is 0.160 e. The molecule has 0 aliphatic rings. The predicted octanol–water partition coefficient (Wildman–Crippen LogP) is 6.62. The van der Waals surface area contributed by atoms with Crippen molar-refractivity contribution in [2.45, 2.75) is 0 Å². The number of anilines is 3. The summed E-state index contributed by atoms with van der Waals surface area (Å²) in [6, 6.07) is 27.4. The number of hydrogen-bond donors (Lipinski definition) is 2. The fourth-order valence-electron chi connectivity index (χ4n) is 3.19. The second-order valence-corrected chi connectivity index (χ2v) is 6.46. The molecule has 0 heterocycles. The number of benzene rings is 4. The zero-order chi connectivity index (χ0) is 19.5. The van der Waals surface area contributed by atoms with Gasteiger partial charge in [0.2, 0.25) is 0 Å². The van der Waals surface area contributed by atoms with Crippen molar-refractivity contribution in [2.24, 2.45) is 0 Å². The summed E-state index contributed by atoms with van der Waals surface area (Å²) in [5, 5.41) is 3.08. The van der Waals surface area contributed by atoms with Crippen LogP contribution in [0.3, 0.4) is 0 Å². The third-order valence-corrected chi connectivity index (χ3v) is 4.58. The molecular formula is C24H18F2N2. The van der Waals surface area contributed by atoms with Gasteiger partial charge in [-0.1, -0.05) is 54.6 Å². The van der Waals surface area contributed by atoms with E-state index >= 15 is 0 Å². The van der Waals surface area contributed by atoms with Crippen molar-refractivity contribution < 1.29 is 8.78 Å². The van der Waals surface area contributed by atoms with Crippen LogP contribution in [0.5, 0.6) is 0 Å². The van der Waals surface area contributed by atoms with E-state index in [2.05, 4.69) is 17.4 Å². The number of nitrogens with two attached hydrogens (primary N) is 1. The van der Waals surface area contributed by atoms with Gasteiger partial charge in [-0.2, -0.15) is 0 Å². The van der Waals surface area contributed by atoms with Crippen LogP contribution < -0.4 is 11.1 Å². The van der Waals surface area contributed by atoms with E-state index < -0.39 is 11.6 Å². The van der Waals surface area contributed by atoms with Crippen LogP contribution in [-0.2, 0) is 0 Å². The molecule has 0 amide bonds. The van der Waals surface area contributed by atoms with Gasteiger partial charge in [-0.15, -0.1) is 0 Å². The fourth-order valence-corrected chi connectivity index (χ4v) is 3.19. The van der Waals surface area contributed by atoms with E-state index in [1.165, 1.54) is 6.07 Å². The number of para-hydroxylation sites is 1. The van der Waals surface area contributed by atoms with Crippen molar-refractivity contribution >= 4 is 17.1 Å². The summed E-state index contributed by atoms with van der Waals surface area (Å²) < 4.78 is 26.5. The summed E-state index contributed by atoms with van der Waals surface area (Å²) in [5.74, 6) is -1.74. The van der Waals surface area contributed by atoms with E-state index in [9.17, 15) is 8.78 Å². The molecule has 0 aromatic heterocycles. The number of nitrogen functional groups attached to an aromatic ring is 1. The van der Waals surface area contributed by atoms with Crippen molar-refractivity contribution in [1.82, 2.24) is 0 Å². The summed E-state index contributed by atoms with van der Waals surface area (Å²) in [4.78, 5) is 0. The first-order chi connectivity index (χ1) is 13.6. The van der Waals surface area contributed by atoms with Crippen LogP contribution in [0, 0.1) is 11.6 Å². The molecule has 0 aliphatic carbocycles. The number of halogens is 2. The Morgan fingerprint density at radius 1 is 0.571 bits per heavy atom. The molecule has 3 N–H and O–H groups in total. The molecule has 0 saturated carbocycles. The molecule has 0 atom stereocenters. The van der Waals surface area contributed by atoms with Gasteiger partial charge in [-0.3, -0.25) is 0 Å². The molecule has 28 heavy (non-hydrogen) atoms. The zero-order valence-corrected chi connectivity index (χ0v) is 15.0. The van der Waals surface area contributed by atoms with Crippen molar-refractivity contribution in [2.75, 3.05) is 11.1 Å². The van der Waals surface area contributed by atoms with Gasteiger partial charge >= 0.3 is 0 Å². The molecule has 0 saturated heterocycles. The highest BCUT2D eigenvalue weighted by atomic mass is 19.2. The lowest BCUT2D eigenvalue weighted by atomic mass is 9.93. The van der Waals surface area contributed by atoms with E-state index in [-0.39, 0.29) is 0 Å². The van der Waals surface area contributed by atoms with Crippen LogP contribution in [0.15, 0.2) is 91.0 Å². The minimum absolute atomic E-state index is 0.490. The Bertz CT molecular complexity index is 1120. The summed E-state index contributed by atoms with van der Waals surface area (Å²) in [6.07, 6.45) is 0. The van der Waals surface area contributed by atoms with Gasteiger partial charge in [-0.05, 0) is 47.0 Å². The van der Waals surface area contributed by atoms with Gasteiger partial charge in [-0.25, -0.2) is 8.78 Å². The summed E-state index contributed by atoms with van der Waals surface area (Å²) in [5.41, 5.74) is 12.3. The number of rotatable bonds is 4. The zero-order valence-electron chi connectivity index (χ0n) is 15.0. The molecule has 138 valence electrons. The Morgan fingerprint density at radius 2 is 1.18 bits per heavy atom. The normalized spacial score (nSPS) is 10.6. The first kappa shape index (κ1) is 17.7. The van der Waals surface area contributed by atoms with Crippen molar-refractivity contribution in [1.29, 1.82) is 0 Å². The molecule has 0 spiro atoms. The highest BCUT2D eigenvalue weighted by Gasteiger charge is 2.09. The minimum Gasteiger partial charge on any atom is -0.398 e. The maximum atomic E-state index is 13.4. The van der Waals surface area contributed by atoms with Gasteiger partial charge in [0.05, 0.1) is 0 Å². The van der Waals surface area contributed by atoms with Crippen molar-refractivity contribution in [3.05, 3.63) is 103 Å². The van der Waals surface area contributed by atoms with Crippen molar-refractivity contribution in [3.8, 4) is 22.3 Å². The highest BCUT2D eigenvalue weighted by Crippen LogP contribution is 2.35. The van der Waals surface area contributed by atoms with E-state index in [1.54, 1.807) is 0 Å². The third kappa shape index (κ3) is 3.58. The van der Waals surface area contributed by atoms with Crippen LogP contribution in [0.4, 0.5) is 25.8 Å². The standard InChI is InChI=1S/C24H18F2N2/c25-22-14-13-18(15-23(22)26)28-17-11-9-16(10-12-17)19-5-1-2-6-20(19)21-7-3-4-8-24(21)27/h1-15,28H,27H2. The molecule has 0 unspecified atom stereocenters. The molecule has 0 fully saturated rings. The Kier molecular flexibility index (Phi) is 4.77. The SMILES string of the molecule is Nc1ccccc1-c1ccccc1-c1ccc(Nc2ccc(F)c(F)c2)cc1. The number of nitrogens with one attached hydrogen (secondary N) is 1. The Balaban J connectivity index is 1.65. The summed E-state index contributed by atoms with van der Waals surface area (Å²) in [6.45, 7) is 0. The van der Waals surface area contributed by atoms with E-state index in [0.717, 1.165) is 45.8 Å². The van der Waals surface area contributed by atoms with Crippen LogP contribution in [-0.4, -0.2) is 0 Å². The Hall–Kier alpha value is -3.66. The second kappa shape index (κ2) is 7.53. The molecule has 2 nitrogen and oxygen atoms in total. The lowest BCUT2D eigenvalue weighted by Crippen LogP contribution is -1.93. The second-order valence-electron chi connectivity index (χ2n) is 6.46. The van der Waals surface area contributed by atoms with E-state index in [4.69, 9.17) is 5.73 Å². The van der Waals surface area contributed by atoms with Crippen LogP contribution in [0.2, 0.25) is 0 Å². The minimum atomic E-state index is -0.879. The van der Waals surface area contributed by atoms with Gasteiger partial charge in [0.1, 0.15) is 0 Å². The largest absolute Gasteiger partial charge is 0.398 e. The summed E-state index contributed by atoms with van der Waals surface area (Å²) >= 11 is 0. The summed E-state index contributed by atoms with van der Waals surface area (Å²) in [7, 11) is 0. The van der Waals surface area contributed by atoms with Gasteiger partial charge in [0.25, 0.3) is 0 Å². The average molecular weight is 372 g/mol. The molecule has 4 rings (SSSR count). The molecule has 4 aromatic rings. The number of hydrogen-bond acceptors (Lipinski definition) is 2. The van der Waals surface area contributed by atoms with E-state index in [1.807, 2.05) is 60.7 Å². The maximum absolute atomic E-state index is 13.4. The van der Waals surface area contributed by atoms with Crippen LogP contribution in [0.25, 0.3) is 22.3 Å². The van der Waals surface area contributed by atoms with E-state index in [0.29, 0.717) is 5.69 Å². The predicted molar refractivity (Wildman–Crippen MR) is 111 cm³/mol. The third-order valence-electron chi connectivity index (χ3n) is 4.58.